The van der Waals surface area contributed by atoms with Crippen LogP contribution in [0.3, 0.4) is 0 Å². The average Bonchev–Trinajstić information content (AvgIpc) is 2.90. The maximum absolute atomic E-state index is 13.2. The molecule has 1 aliphatic heterocycles. The summed E-state index contributed by atoms with van der Waals surface area (Å²) in [6.07, 6.45) is -1.00. The lowest BCUT2D eigenvalue weighted by molar-refractivity contribution is -0.230. The van der Waals surface area contributed by atoms with Crippen molar-refractivity contribution in [3.05, 3.63) is 65.7 Å². The molecule has 23 heavy (non-hydrogen) atoms. The van der Waals surface area contributed by atoms with E-state index in [9.17, 15) is 13.6 Å². The van der Waals surface area contributed by atoms with E-state index in [-0.39, 0.29) is 5.56 Å². The van der Waals surface area contributed by atoms with E-state index < -0.39 is 24.2 Å². The predicted molar refractivity (Wildman–Crippen MR) is 79.1 cm³/mol. The van der Waals surface area contributed by atoms with Crippen molar-refractivity contribution in [2.45, 2.75) is 18.3 Å². The second kappa shape index (κ2) is 5.96. The largest absolute Gasteiger partial charge is 0.481 e. The highest BCUT2D eigenvalue weighted by atomic mass is 19.3. The first kappa shape index (κ1) is 15.4. The van der Waals surface area contributed by atoms with Crippen LogP contribution in [0.5, 0.6) is 5.75 Å². The molecule has 0 bridgehead atoms. The number of hydrogen-bond acceptors (Lipinski definition) is 3. The lowest BCUT2D eigenvalue weighted by Gasteiger charge is -2.32. The molecule has 0 spiro atoms. The van der Waals surface area contributed by atoms with Crippen LogP contribution in [0.25, 0.3) is 0 Å². The van der Waals surface area contributed by atoms with Gasteiger partial charge in [-0.05, 0) is 11.6 Å². The minimum atomic E-state index is -3.13. The van der Waals surface area contributed by atoms with Crippen LogP contribution in [0, 0.1) is 0 Å². The predicted octanol–water partition coefficient (Wildman–Crippen LogP) is 3.00. The summed E-state index contributed by atoms with van der Waals surface area (Å²) in [6, 6.07) is 15.3. The number of para-hydroxylation sites is 1. The van der Waals surface area contributed by atoms with Crippen LogP contribution in [0.4, 0.5) is 8.78 Å². The topological polar surface area (TPSA) is 47.6 Å². The Labute approximate surface area is 132 Å². The Balaban J connectivity index is 2.21. The second-order valence-corrected chi connectivity index (χ2v) is 5.10. The van der Waals surface area contributed by atoms with Gasteiger partial charge in [-0.3, -0.25) is 9.53 Å². The van der Waals surface area contributed by atoms with Crippen molar-refractivity contribution < 1.29 is 23.0 Å². The molecule has 2 aromatic carbocycles. The summed E-state index contributed by atoms with van der Waals surface area (Å²) in [6.45, 7) is -3.13. The number of hydrogen-bond donors (Lipinski definition) is 1. The van der Waals surface area contributed by atoms with E-state index in [0.717, 1.165) is 0 Å². The van der Waals surface area contributed by atoms with Crippen LogP contribution in [0.2, 0.25) is 0 Å². The van der Waals surface area contributed by atoms with E-state index in [0.29, 0.717) is 11.3 Å². The molecule has 2 unspecified atom stereocenters. The van der Waals surface area contributed by atoms with Crippen molar-refractivity contribution in [2.24, 2.45) is 0 Å². The molecule has 2 atom stereocenters. The number of halogens is 2. The molecule has 2 aromatic rings. The Kier molecular flexibility index (Phi) is 4.00. The molecular weight excluding hydrogens is 304 g/mol. The van der Waals surface area contributed by atoms with Crippen molar-refractivity contribution in [3.8, 4) is 5.75 Å². The average molecular weight is 319 g/mol. The van der Waals surface area contributed by atoms with Gasteiger partial charge in [0.15, 0.2) is 6.10 Å². The fraction of sp³-hybridized carbons (Fsp3) is 0.235. The van der Waals surface area contributed by atoms with Gasteiger partial charge in [-0.1, -0.05) is 48.5 Å². The highest BCUT2D eigenvalue weighted by Gasteiger charge is 2.58. The van der Waals surface area contributed by atoms with Gasteiger partial charge in [0.25, 0.3) is 5.91 Å². The van der Waals surface area contributed by atoms with Crippen molar-refractivity contribution in [3.63, 3.8) is 0 Å². The fourth-order valence-corrected chi connectivity index (χ4v) is 2.90. The van der Waals surface area contributed by atoms with Crippen molar-refractivity contribution in [2.75, 3.05) is 7.05 Å². The molecule has 1 amide bonds. The first-order chi connectivity index (χ1) is 11.1. The quantitative estimate of drug-likeness (QED) is 0.942. The Morgan fingerprint density at radius 1 is 1.17 bits per heavy atom. The third-order valence-corrected chi connectivity index (χ3v) is 3.84. The summed E-state index contributed by atoms with van der Waals surface area (Å²) >= 11 is 0. The van der Waals surface area contributed by atoms with Gasteiger partial charge in [0.05, 0.1) is 0 Å². The second-order valence-electron chi connectivity index (χ2n) is 5.10. The van der Waals surface area contributed by atoms with Crippen molar-refractivity contribution in [1.82, 2.24) is 5.32 Å². The van der Waals surface area contributed by atoms with Crippen LogP contribution in [0.1, 0.15) is 17.2 Å². The van der Waals surface area contributed by atoms with Crippen LogP contribution in [0.15, 0.2) is 54.6 Å². The summed E-state index contributed by atoms with van der Waals surface area (Å²) in [5.74, 6) is -0.331. The van der Waals surface area contributed by atoms with Gasteiger partial charge in [-0.15, -0.1) is 0 Å². The zero-order valence-electron chi connectivity index (χ0n) is 12.3. The zero-order valence-corrected chi connectivity index (χ0v) is 12.3. The number of rotatable bonds is 4. The molecule has 0 radical (unpaired) electrons. The highest BCUT2D eigenvalue weighted by molar-refractivity contribution is 5.89. The summed E-state index contributed by atoms with van der Waals surface area (Å²) in [5, 5.41) is 2.42. The molecule has 3 rings (SSSR count). The summed E-state index contributed by atoms with van der Waals surface area (Å²) < 4.78 is 37.0. The number of fused-ring (bicyclic) bond motifs is 1. The van der Waals surface area contributed by atoms with Crippen LogP contribution in [-0.2, 0) is 15.1 Å². The minimum Gasteiger partial charge on any atom is -0.481 e. The van der Waals surface area contributed by atoms with E-state index >= 15 is 0 Å². The number of carbonyl (C=O) groups excluding carboxylic acids is 1. The molecule has 0 saturated heterocycles. The molecule has 1 heterocycles. The van der Waals surface area contributed by atoms with Gasteiger partial charge in [0.1, 0.15) is 5.75 Å². The molecule has 0 saturated carbocycles. The first-order valence-electron chi connectivity index (χ1n) is 7.09. The molecule has 0 fully saturated rings. The van der Waals surface area contributed by atoms with Gasteiger partial charge in [0, 0.05) is 12.6 Å². The number of amides is 1. The van der Waals surface area contributed by atoms with E-state index in [2.05, 4.69) is 5.32 Å². The SMILES string of the molecule is CNC(=O)C1(OC(F)F)c2ccccc2OC1c1ccccc1. The Hall–Kier alpha value is -2.47. The van der Waals surface area contributed by atoms with Crippen molar-refractivity contribution >= 4 is 5.91 Å². The number of likely N-dealkylation sites (N-methyl/N-ethyl adjacent to an activating group) is 1. The van der Waals surface area contributed by atoms with Crippen molar-refractivity contribution in [1.29, 1.82) is 0 Å². The normalized spacial score (nSPS) is 22.5. The lowest BCUT2D eigenvalue weighted by atomic mass is 9.85. The van der Waals surface area contributed by atoms with Gasteiger partial charge in [0.2, 0.25) is 5.60 Å². The molecule has 4 nitrogen and oxygen atoms in total. The molecule has 1 aliphatic rings. The molecule has 0 aliphatic carbocycles. The van der Waals surface area contributed by atoms with Gasteiger partial charge < -0.3 is 10.1 Å². The molecule has 1 N–H and O–H groups in total. The number of benzene rings is 2. The summed E-state index contributed by atoms with van der Waals surface area (Å²) in [4.78, 5) is 12.6. The number of nitrogens with one attached hydrogen (secondary N) is 1. The first-order valence-corrected chi connectivity index (χ1v) is 7.09. The summed E-state index contributed by atoms with van der Waals surface area (Å²) in [7, 11) is 1.38. The monoisotopic (exact) mass is 319 g/mol. The lowest BCUT2D eigenvalue weighted by Crippen LogP contribution is -2.49. The third kappa shape index (κ3) is 2.45. The Morgan fingerprint density at radius 3 is 2.48 bits per heavy atom. The van der Waals surface area contributed by atoms with Crippen LogP contribution >= 0.6 is 0 Å². The zero-order chi connectivity index (χ0) is 16.4. The van der Waals surface area contributed by atoms with E-state index in [1.165, 1.54) is 7.05 Å². The standard InChI is InChI=1S/C17H15F2NO3/c1-20-15(21)17(23-16(18)19)12-9-5-6-10-13(12)22-14(17)11-7-3-2-4-8-11/h2-10,14,16H,1H3,(H,20,21). The van der Waals surface area contributed by atoms with Gasteiger partial charge in [-0.25, -0.2) is 0 Å². The Morgan fingerprint density at radius 2 is 1.83 bits per heavy atom. The molecular formula is C17H15F2NO3. The van der Waals surface area contributed by atoms with Gasteiger partial charge >= 0.3 is 6.61 Å². The van der Waals surface area contributed by atoms with E-state index in [1.54, 1.807) is 54.6 Å². The van der Waals surface area contributed by atoms with Crippen LogP contribution in [-0.4, -0.2) is 19.6 Å². The van der Waals surface area contributed by atoms with E-state index in [4.69, 9.17) is 9.47 Å². The third-order valence-electron chi connectivity index (χ3n) is 3.84. The highest BCUT2D eigenvalue weighted by Crippen LogP contribution is 2.52. The maximum atomic E-state index is 13.2. The summed E-state index contributed by atoms with van der Waals surface area (Å²) in [5.41, 5.74) is -1.08. The fourth-order valence-electron chi connectivity index (χ4n) is 2.90. The molecule has 6 heteroatoms. The number of alkyl halides is 2. The molecule has 0 aromatic heterocycles. The number of carbonyl (C=O) groups is 1. The van der Waals surface area contributed by atoms with E-state index in [1.807, 2.05) is 0 Å². The smallest absolute Gasteiger partial charge is 0.346 e. The van der Waals surface area contributed by atoms with Crippen LogP contribution < -0.4 is 10.1 Å². The Bertz CT molecular complexity index is 708. The maximum Gasteiger partial charge on any atom is 0.346 e. The minimum absolute atomic E-state index is 0.286. The van der Waals surface area contributed by atoms with Gasteiger partial charge in [-0.2, -0.15) is 8.78 Å². The number of ether oxygens (including phenoxy) is 2. The molecule has 120 valence electrons.